The molecule has 2 aromatic rings. The maximum absolute atomic E-state index is 13.9. The summed E-state index contributed by atoms with van der Waals surface area (Å²) in [5, 5.41) is 13.7. The molecule has 5 nitrogen and oxygen atoms in total. The van der Waals surface area contributed by atoms with Crippen molar-refractivity contribution in [3.63, 3.8) is 0 Å². The number of rotatable bonds is 6. The summed E-state index contributed by atoms with van der Waals surface area (Å²) in [4.78, 5) is 12.0. The Labute approximate surface area is 128 Å². The van der Waals surface area contributed by atoms with E-state index < -0.39 is 4.92 Å². The quantitative estimate of drug-likeness (QED) is 0.656. The summed E-state index contributed by atoms with van der Waals surface area (Å²) >= 11 is 0. The zero-order valence-corrected chi connectivity index (χ0v) is 12.5. The zero-order valence-electron chi connectivity index (χ0n) is 12.5. The van der Waals surface area contributed by atoms with Crippen LogP contribution in [-0.4, -0.2) is 23.9 Å². The molecule has 116 valence electrons. The van der Waals surface area contributed by atoms with Crippen molar-refractivity contribution in [2.75, 3.05) is 19.4 Å². The number of nitro groups is 1. The van der Waals surface area contributed by atoms with Crippen LogP contribution in [0.3, 0.4) is 0 Å². The number of hydrogen-bond donors (Lipinski definition) is 1. The third kappa shape index (κ3) is 4.26. The molecule has 0 radical (unpaired) electrons. The summed E-state index contributed by atoms with van der Waals surface area (Å²) in [5.41, 5.74) is 2.27. The lowest BCUT2D eigenvalue weighted by atomic mass is 10.1. The van der Waals surface area contributed by atoms with Gasteiger partial charge in [-0.3, -0.25) is 10.1 Å². The van der Waals surface area contributed by atoms with Crippen LogP contribution in [0.1, 0.15) is 11.1 Å². The molecule has 22 heavy (non-hydrogen) atoms. The number of nitrogens with zero attached hydrogens (tertiary/aromatic N) is 2. The van der Waals surface area contributed by atoms with Gasteiger partial charge in [-0.25, -0.2) is 4.39 Å². The summed E-state index contributed by atoms with van der Waals surface area (Å²) in [6.07, 6.45) is 0. The molecule has 0 heterocycles. The molecule has 0 bridgehead atoms. The van der Waals surface area contributed by atoms with E-state index in [1.54, 1.807) is 18.2 Å². The molecule has 0 saturated carbocycles. The molecule has 0 atom stereocenters. The maximum atomic E-state index is 13.9. The van der Waals surface area contributed by atoms with Crippen LogP contribution in [0.15, 0.2) is 42.5 Å². The molecule has 0 saturated heterocycles. The number of halogens is 1. The molecule has 0 aromatic heterocycles. The Morgan fingerprint density at radius 3 is 2.41 bits per heavy atom. The third-order valence-electron chi connectivity index (χ3n) is 3.18. The van der Waals surface area contributed by atoms with Crippen molar-refractivity contribution in [1.82, 2.24) is 4.90 Å². The molecular formula is C16H18FN3O2. The molecular weight excluding hydrogens is 285 g/mol. The molecule has 1 N–H and O–H groups in total. The van der Waals surface area contributed by atoms with Gasteiger partial charge in [-0.05, 0) is 37.9 Å². The lowest BCUT2D eigenvalue weighted by Crippen LogP contribution is -2.12. The molecule has 0 amide bonds. The second kappa shape index (κ2) is 7.00. The molecule has 0 unspecified atom stereocenters. The van der Waals surface area contributed by atoms with E-state index >= 15 is 0 Å². The van der Waals surface area contributed by atoms with Crippen molar-refractivity contribution in [1.29, 1.82) is 0 Å². The number of non-ortho nitro benzene ring substituents is 1. The molecule has 0 aliphatic rings. The van der Waals surface area contributed by atoms with E-state index in [2.05, 4.69) is 5.32 Å². The minimum atomic E-state index is -0.442. The zero-order chi connectivity index (χ0) is 16.1. The largest absolute Gasteiger partial charge is 0.381 e. The van der Waals surface area contributed by atoms with E-state index in [0.29, 0.717) is 18.7 Å². The molecule has 2 aromatic carbocycles. The van der Waals surface area contributed by atoms with E-state index in [1.807, 2.05) is 25.1 Å². The highest BCUT2D eigenvalue weighted by molar-refractivity contribution is 5.48. The van der Waals surface area contributed by atoms with Crippen LogP contribution in [0.25, 0.3) is 0 Å². The van der Waals surface area contributed by atoms with Gasteiger partial charge in [-0.2, -0.15) is 0 Å². The van der Waals surface area contributed by atoms with Gasteiger partial charge in [0.25, 0.3) is 5.69 Å². The monoisotopic (exact) mass is 303 g/mol. The van der Waals surface area contributed by atoms with E-state index in [4.69, 9.17) is 0 Å². The highest BCUT2D eigenvalue weighted by Gasteiger charge is 2.06. The van der Waals surface area contributed by atoms with Gasteiger partial charge in [0.1, 0.15) is 5.82 Å². The summed E-state index contributed by atoms with van der Waals surface area (Å²) in [6.45, 7) is 1.01. The smallest absolute Gasteiger partial charge is 0.269 e. The predicted molar refractivity (Wildman–Crippen MR) is 84.2 cm³/mol. The number of hydrogen-bond acceptors (Lipinski definition) is 4. The van der Waals surface area contributed by atoms with Crippen LogP contribution in [-0.2, 0) is 13.1 Å². The highest BCUT2D eigenvalue weighted by Crippen LogP contribution is 2.17. The summed E-state index contributed by atoms with van der Waals surface area (Å²) in [6, 6.07) is 11.3. The summed E-state index contributed by atoms with van der Waals surface area (Å²) in [5.74, 6) is -0.225. The molecule has 0 fully saturated rings. The van der Waals surface area contributed by atoms with E-state index in [0.717, 1.165) is 11.3 Å². The Bertz CT molecular complexity index is 657. The van der Waals surface area contributed by atoms with Gasteiger partial charge in [0.2, 0.25) is 0 Å². The van der Waals surface area contributed by atoms with Crippen molar-refractivity contribution in [2.24, 2.45) is 0 Å². The van der Waals surface area contributed by atoms with Crippen LogP contribution in [0.4, 0.5) is 15.8 Å². The van der Waals surface area contributed by atoms with Gasteiger partial charge in [0.15, 0.2) is 0 Å². The van der Waals surface area contributed by atoms with Crippen LogP contribution in [0.5, 0.6) is 0 Å². The second-order valence-electron chi connectivity index (χ2n) is 5.32. The number of nitro benzene ring substituents is 1. The first-order valence-corrected chi connectivity index (χ1v) is 6.86. The maximum Gasteiger partial charge on any atom is 0.269 e. The topological polar surface area (TPSA) is 58.4 Å². The average molecular weight is 303 g/mol. The van der Waals surface area contributed by atoms with Gasteiger partial charge in [0, 0.05) is 36.5 Å². The Balaban J connectivity index is 1.99. The minimum Gasteiger partial charge on any atom is -0.381 e. The Morgan fingerprint density at radius 2 is 1.86 bits per heavy atom. The van der Waals surface area contributed by atoms with E-state index in [1.165, 1.54) is 18.2 Å². The van der Waals surface area contributed by atoms with E-state index in [9.17, 15) is 14.5 Å². The minimum absolute atomic E-state index is 0.0460. The first kappa shape index (κ1) is 15.9. The third-order valence-corrected chi connectivity index (χ3v) is 3.18. The molecule has 6 heteroatoms. The Kier molecular flexibility index (Phi) is 5.06. The second-order valence-corrected chi connectivity index (χ2v) is 5.32. The first-order valence-electron chi connectivity index (χ1n) is 6.86. The van der Waals surface area contributed by atoms with Crippen LogP contribution in [0, 0.1) is 15.9 Å². The molecule has 0 aliphatic heterocycles. The van der Waals surface area contributed by atoms with Gasteiger partial charge in [-0.1, -0.05) is 12.1 Å². The average Bonchev–Trinajstić information content (AvgIpc) is 2.47. The van der Waals surface area contributed by atoms with Crippen LogP contribution in [0.2, 0.25) is 0 Å². The predicted octanol–water partition coefficient (Wildman–Crippen LogP) is 3.41. The molecule has 2 rings (SSSR count). The number of anilines is 1. The lowest BCUT2D eigenvalue weighted by molar-refractivity contribution is -0.384. The number of benzene rings is 2. The van der Waals surface area contributed by atoms with E-state index in [-0.39, 0.29) is 11.5 Å². The fraction of sp³-hybridized carbons (Fsp3) is 0.250. The van der Waals surface area contributed by atoms with Crippen molar-refractivity contribution in [3.05, 3.63) is 69.5 Å². The number of nitrogens with one attached hydrogen (secondary N) is 1. The molecule has 0 aliphatic carbocycles. The normalized spacial score (nSPS) is 10.7. The van der Waals surface area contributed by atoms with Crippen molar-refractivity contribution < 1.29 is 9.31 Å². The van der Waals surface area contributed by atoms with Gasteiger partial charge in [0.05, 0.1) is 4.92 Å². The van der Waals surface area contributed by atoms with Gasteiger partial charge >= 0.3 is 0 Å². The van der Waals surface area contributed by atoms with Crippen molar-refractivity contribution in [2.45, 2.75) is 13.1 Å². The fourth-order valence-electron chi connectivity index (χ4n) is 2.07. The van der Waals surface area contributed by atoms with Gasteiger partial charge in [-0.15, -0.1) is 0 Å². The first-order chi connectivity index (χ1) is 10.5. The fourth-order valence-corrected chi connectivity index (χ4v) is 2.07. The lowest BCUT2D eigenvalue weighted by Gasteiger charge is -2.12. The standard InChI is InChI=1S/C16H18FN3O2/c1-19(2)11-13-4-3-12(9-16(13)17)10-18-14-5-7-15(8-6-14)20(21)22/h3-9,18H,10-11H2,1-2H3. The summed E-state index contributed by atoms with van der Waals surface area (Å²) < 4.78 is 13.9. The van der Waals surface area contributed by atoms with Crippen LogP contribution >= 0.6 is 0 Å². The summed E-state index contributed by atoms with van der Waals surface area (Å²) in [7, 11) is 3.78. The Hall–Kier alpha value is -2.47. The Morgan fingerprint density at radius 1 is 1.18 bits per heavy atom. The van der Waals surface area contributed by atoms with Gasteiger partial charge < -0.3 is 10.2 Å². The highest BCUT2D eigenvalue weighted by atomic mass is 19.1. The van der Waals surface area contributed by atoms with Crippen molar-refractivity contribution >= 4 is 11.4 Å². The molecule has 0 spiro atoms. The van der Waals surface area contributed by atoms with Crippen LogP contribution < -0.4 is 5.32 Å². The van der Waals surface area contributed by atoms with Crippen molar-refractivity contribution in [3.8, 4) is 0 Å². The SMILES string of the molecule is CN(C)Cc1ccc(CNc2ccc([N+](=O)[O-])cc2)cc1F.